The summed E-state index contributed by atoms with van der Waals surface area (Å²) in [5.41, 5.74) is 1.06. The number of hydrogen-bond donors (Lipinski definition) is 2. The molecule has 2 N–H and O–H groups in total. The van der Waals surface area contributed by atoms with E-state index in [1.165, 1.54) is 6.07 Å². The summed E-state index contributed by atoms with van der Waals surface area (Å²) in [5, 5.41) is 6.16. The fraction of sp³-hybridized carbons (Fsp3) is 0.350. The van der Waals surface area contributed by atoms with E-state index >= 15 is 0 Å². The van der Waals surface area contributed by atoms with Gasteiger partial charge in [-0.25, -0.2) is 9.59 Å². The minimum Gasteiger partial charge on any atom is -0.462 e. The highest BCUT2D eigenvalue weighted by Gasteiger charge is 2.28. The average Bonchev–Trinajstić information content (AvgIpc) is 3.01. The van der Waals surface area contributed by atoms with Gasteiger partial charge in [-0.15, -0.1) is 11.3 Å². The van der Waals surface area contributed by atoms with Crippen molar-refractivity contribution in [3.63, 3.8) is 0 Å². The lowest BCUT2D eigenvalue weighted by molar-refractivity contribution is 0.0527. The van der Waals surface area contributed by atoms with Crippen molar-refractivity contribution in [1.29, 1.82) is 0 Å². The highest BCUT2D eigenvalue weighted by Crippen LogP contribution is 2.35. The zero-order valence-corrected chi connectivity index (χ0v) is 19.4. The number of thiophene rings is 1. The van der Waals surface area contributed by atoms with Crippen molar-refractivity contribution in [2.45, 2.75) is 27.7 Å². The second-order valence-electron chi connectivity index (χ2n) is 6.17. The molecule has 2 rings (SSSR count). The highest BCUT2D eigenvalue weighted by molar-refractivity contribution is 7.18. The summed E-state index contributed by atoms with van der Waals surface area (Å²) in [7, 11) is 0. The minimum atomic E-state index is -0.602. The first-order valence-electron chi connectivity index (χ1n) is 9.36. The van der Waals surface area contributed by atoms with Crippen LogP contribution >= 0.6 is 34.5 Å². The van der Waals surface area contributed by atoms with Gasteiger partial charge < -0.3 is 15.0 Å². The van der Waals surface area contributed by atoms with Gasteiger partial charge in [0.1, 0.15) is 5.00 Å². The smallest absolute Gasteiger partial charge is 0.341 e. The minimum absolute atomic E-state index is 0.168. The molecule has 1 aromatic carbocycles. The predicted molar refractivity (Wildman–Crippen MR) is 121 cm³/mol. The molecule has 0 aliphatic heterocycles. The van der Waals surface area contributed by atoms with Gasteiger partial charge in [0.05, 0.1) is 27.1 Å². The van der Waals surface area contributed by atoms with Crippen LogP contribution < -0.4 is 10.6 Å². The van der Waals surface area contributed by atoms with Crippen molar-refractivity contribution >= 4 is 63.1 Å². The van der Waals surface area contributed by atoms with Crippen LogP contribution in [0.2, 0.25) is 10.0 Å². The number of nitrogens with one attached hydrogen (secondary N) is 2. The Morgan fingerprint density at radius 1 is 1.07 bits per heavy atom. The van der Waals surface area contributed by atoms with Crippen LogP contribution in [0.15, 0.2) is 18.2 Å². The van der Waals surface area contributed by atoms with Crippen LogP contribution in [-0.2, 0) is 4.74 Å². The Morgan fingerprint density at radius 2 is 1.73 bits per heavy atom. The number of ether oxygens (including phenoxy) is 1. The molecule has 162 valence electrons. The molecule has 10 heteroatoms. The fourth-order valence-electron chi connectivity index (χ4n) is 2.75. The van der Waals surface area contributed by atoms with Crippen LogP contribution in [0.3, 0.4) is 0 Å². The van der Waals surface area contributed by atoms with Gasteiger partial charge in [0, 0.05) is 18.8 Å². The lowest BCUT2D eigenvalue weighted by Crippen LogP contribution is -2.30. The SMILES string of the molecule is CCOC(=O)c1c(NC(=O)Nc2ccc(Cl)c(Cl)c2)sc(C(=O)N(CC)CC)c1C. The third kappa shape index (κ3) is 5.44. The average molecular weight is 472 g/mol. The third-order valence-electron chi connectivity index (χ3n) is 4.28. The van der Waals surface area contributed by atoms with Crippen LogP contribution in [0.5, 0.6) is 0 Å². The molecule has 0 atom stereocenters. The van der Waals surface area contributed by atoms with Gasteiger partial charge in [0.25, 0.3) is 5.91 Å². The van der Waals surface area contributed by atoms with E-state index in [0.717, 1.165) is 11.3 Å². The molecule has 0 saturated carbocycles. The molecule has 0 bridgehead atoms. The van der Waals surface area contributed by atoms with Crippen molar-refractivity contribution in [1.82, 2.24) is 4.90 Å². The molecule has 0 fully saturated rings. The molecule has 0 unspecified atom stereocenters. The molecule has 0 aliphatic rings. The maximum absolute atomic E-state index is 12.8. The second kappa shape index (κ2) is 10.7. The number of benzene rings is 1. The van der Waals surface area contributed by atoms with E-state index in [2.05, 4.69) is 10.6 Å². The number of carbonyl (C=O) groups excluding carboxylic acids is 3. The Labute approximate surface area is 189 Å². The lowest BCUT2D eigenvalue weighted by atomic mass is 10.1. The van der Waals surface area contributed by atoms with Crippen LogP contribution in [0.4, 0.5) is 15.5 Å². The van der Waals surface area contributed by atoms with Gasteiger partial charge in [0.2, 0.25) is 0 Å². The summed E-state index contributed by atoms with van der Waals surface area (Å²) < 4.78 is 5.12. The van der Waals surface area contributed by atoms with Crippen molar-refractivity contribution in [3.8, 4) is 0 Å². The van der Waals surface area contributed by atoms with Gasteiger partial charge in [0.15, 0.2) is 0 Å². The molecule has 30 heavy (non-hydrogen) atoms. The standard InChI is InChI=1S/C20H23Cl2N3O4S/c1-5-25(6-2)18(26)16-11(4)15(19(27)29-7-3)17(30-16)24-20(28)23-12-8-9-13(21)14(22)10-12/h8-10H,5-7H2,1-4H3,(H2,23,24,28). The normalized spacial score (nSPS) is 10.5. The first-order chi connectivity index (χ1) is 14.2. The van der Waals surface area contributed by atoms with E-state index in [4.69, 9.17) is 27.9 Å². The van der Waals surface area contributed by atoms with Crippen LogP contribution in [0, 0.1) is 6.92 Å². The Morgan fingerprint density at radius 3 is 2.30 bits per heavy atom. The van der Waals surface area contributed by atoms with E-state index in [-0.39, 0.29) is 23.1 Å². The Hall–Kier alpha value is -2.29. The van der Waals surface area contributed by atoms with Gasteiger partial charge in [-0.2, -0.15) is 0 Å². The fourth-order valence-corrected chi connectivity index (χ4v) is 4.20. The molecule has 3 amide bonds. The van der Waals surface area contributed by atoms with Crippen molar-refractivity contribution in [2.24, 2.45) is 0 Å². The summed E-state index contributed by atoms with van der Waals surface area (Å²) >= 11 is 12.9. The van der Waals surface area contributed by atoms with E-state index in [1.807, 2.05) is 13.8 Å². The number of rotatable bonds is 7. The number of anilines is 2. The number of carbonyl (C=O) groups is 3. The zero-order valence-electron chi connectivity index (χ0n) is 17.1. The summed E-state index contributed by atoms with van der Waals surface area (Å²) in [5.74, 6) is -0.805. The summed E-state index contributed by atoms with van der Waals surface area (Å²) in [6.07, 6.45) is 0. The van der Waals surface area contributed by atoms with Crippen LogP contribution in [-0.4, -0.2) is 42.5 Å². The molecule has 2 aromatic rings. The molecular formula is C20H23Cl2N3O4S. The van der Waals surface area contributed by atoms with Gasteiger partial charge >= 0.3 is 12.0 Å². The Kier molecular flexibility index (Phi) is 8.52. The highest BCUT2D eigenvalue weighted by atomic mass is 35.5. The second-order valence-corrected chi connectivity index (χ2v) is 8.00. The maximum Gasteiger partial charge on any atom is 0.341 e. The van der Waals surface area contributed by atoms with Gasteiger partial charge in [-0.1, -0.05) is 23.2 Å². The number of urea groups is 1. The summed E-state index contributed by atoms with van der Waals surface area (Å²) in [6, 6.07) is 4.06. The van der Waals surface area contributed by atoms with E-state index in [9.17, 15) is 14.4 Å². The zero-order chi connectivity index (χ0) is 22.4. The Bertz CT molecular complexity index is 958. The molecule has 0 radical (unpaired) electrons. The monoisotopic (exact) mass is 471 g/mol. The van der Waals surface area contributed by atoms with Gasteiger partial charge in [-0.3, -0.25) is 10.1 Å². The number of esters is 1. The van der Waals surface area contributed by atoms with E-state index < -0.39 is 12.0 Å². The summed E-state index contributed by atoms with van der Waals surface area (Å²) in [6.45, 7) is 8.33. The molecule has 0 saturated heterocycles. The van der Waals surface area contributed by atoms with Crippen LogP contribution in [0.1, 0.15) is 46.4 Å². The molecule has 1 heterocycles. The number of amides is 3. The first-order valence-corrected chi connectivity index (χ1v) is 10.9. The Balaban J connectivity index is 2.35. The van der Waals surface area contributed by atoms with E-state index in [1.54, 1.807) is 30.9 Å². The number of hydrogen-bond acceptors (Lipinski definition) is 5. The van der Waals surface area contributed by atoms with Crippen LogP contribution in [0.25, 0.3) is 0 Å². The molecular weight excluding hydrogens is 449 g/mol. The quantitative estimate of drug-likeness (QED) is 0.509. The van der Waals surface area contributed by atoms with E-state index in [0.29, 0.717) is 39.3 Å². The summed E-state index contributed by atoms with van der Waals surface area (Å²) in [4.78, 5) is 39.9. The predicted octanol–water partition coefficient (Wildman–Crippen LogP) is 5.67. The third-order valence-corrected chi connectivity index (χ3v) is 6.21. The molecule has 7 nitrogen and oxygen atoms in total. The lowest BCUT2D eigenvalue weighted by Gasteiger charge is -2.18. The largest absolute Gasteiger partial charge is 0.462 e. The van der Waals surface area contributed by atoms with Gasteiger partial charge in [-0.05, 0) is 51.5 Å². The topological polar surface area (TPSA) is 87.7 Å². The van der Waals surface area contributed by atoms with Crippen molar-refractivity contribution in [3.05, 3.63) is 44.2 Å². The van der Waals surface area contributed by atoms with Crippen molar-refractivity contribution < 1.29 is 19.1 Å². The van der Waals surface area contributed by atoms with Crippen molar-refractivity contribution in [2.75, 3.05) is 30.3 Å². The maximum atomic E-state index is 12.8. The first kappa shape index (κ1) is 24.0. The molecule has 1 aromatic heterocycles. The number of nitrogens with zero attached hydrogens (tertiary/aromatic N) is 1. The molecule has 0 aliphatic carbocycles. The number of halogens is 2. The molecule has 0 spiro atoms.